The van der Waals surface area contributed by atoms with E-state index >= 15 is 0 Å². The summed E-state index contributed by atoms with van der Waals surface area (Å²) in [6, 6.07) is 4.04. The lowest BCUT2D eigenvalue weighted by atomic mass is 9.72. The molecule has 2 atom stereocenters. The predicted octanol–water partition coefficient (Wildman–Crippen LogP) is 2.91. The molecule has 3 rings (SSSR count). The molecule has 0 amide bonds. The largest absolute Gasteiger partial charge is 0.338 e. The molecule has 0 spiro atoms. The monoisotopic (exact) mass is 286 g/mol. The van der Waals surface area contributed by atoms with Crippen LogP contribution in [0.3, 0.4) is 0 Å². The highest BCUT2D eigenvalue weighted by Gasteiger charge is 2.40. The SMILES string of the molecule is Cc1cc(-c2noc(C3(C)CCCCC3N)n2)cc(C)n1. The normalized spacial score (nSPS) is 26.0. The van der Waals surface area contributed by atoms with Crippen LogP contribution in [0.1, 0.15) is 49.9 Å². The van der Waals surface area contributed by atoms with Crippen LogP contribution in [0.2, 0.25) is 0 Å². The third-order valence-corrected chi connectivity index (χ3v) is 4.53. The lowest BCUT2D eigenvalue weighted by Gasteiger charge is -2.35. The number of aryl methyl sites for hydroxylation is 2. The van der Waals surface area contributed by atoms with E-state index in [9.17, 15) is 0 Å². The van der Waals surface area contributed by atoms with Crippen LogP contribution in [0.25, 0.3) is 11.4 Å². The number of hydrogen-bond donors (Lipinski definition) is 1. The fourth-order valence-corrected chi connectivity index (χ4v) is 3.16. The zero-order chi connectivity index (χ0) is 15.0. The quantitative estimate of drug-likeness (QED) is 0.918. The van der Waals surface area contributed by atoms with Crippen LogP contribution in [0.4, 0.5) is 0 Å². The Balaban J connectivity index is 1.96. The van der Waals surface area contributed by atoms with Gasteiger partial charge in [-0.25, -0.2) is 0 Å². The van der Waals surface area contributed by atoms with Crippen molar-refractivity contribution >= 4 is 0 Å². The van der Waals surface area contributed by atoms with Gasteiger partial charge in [0.25, 0.3) is 0 Å². The van der Waals surface area contributed by atoms with Crippen molar-refractivity contribution in [2.75, 3.05) is 0 Å². The highest BCUT2D eigenvalue weighted by atomic mass is 16.5. The summed E-state index contributed by atoms with van der Waals surface area (Å²) in [6.45, 7) is 6.07. The second-order valence-corrected chi connectivity index (χ2v) is 6.33. The fourth-order valence-electron chi connectivity index (χ4n) is 3.16. The van der Waals surface area contributed by atoms with Gasteiger partial charge in [-0.05, 0) is 45.7 Å². The average Bonchev–Trinajstić information content (AvgIpc) is 2.91. The minimum atomic E-state index is -0.208. The summed E-state index contributed by atoms with van der Waals surface area (Å²) >= 11 is 0. The molecular weight excluding hydrogens is 264 g/mol. The van der Waals surface area contributed by atoms with Gasteiger partial charge < -0.3 is 10.3 Å². The Labute approximate surface area is 125 Å². The number of pyridine rings is 1. The summed E-state index contributed by atoms with van der Waals surface area (Å²) in [5, 5.41) is 4.15. The van der Waals surface area contributed by atoms with E-state index in [2.05, 4.69) is 22.0 Å². The number of nitrogens with zero attached hydrogens (tertiary/aromatic N) is 3. The molecule has 2 heterocycles. The van der Waals surface area contributed by atoms with Gasteiger partial charge >= 0.3 is 0 Å². The Morgan fingerprint density at radius 3 is 2.57 bits per heavy atom. The minimum absolute atomic E-state index is 0.0838. The molecule has 0 aliphatic heterocycles. The van der Waals surface area contributed by atoms with Crippen molar-refractivity contribution in [3.05, 3.63) is 29.4 Å². The highest BCUT2D eigenvalue weighted by molar-refractivity contribution is 5.55. The third kappa shape index (κ3) is 2.58. The van der Waals surface area contributed by atoms with Gasteiger partial charge in [-0.1, -0.05) is 18.0 Å². The molecule has 2 unspecified atom stereocenters. The first-order valence-electron chi connectivity index (χ1n) is 7.54. The third-order valence-electron chi connectivity index (χ3n) is 4.53. The van der Waals surface area contributed by atoms with Crippen molar-refractivity contribution in [1.29, 1.82) is 0 Å². The van der Waals surface area contributed by atoms with E-state index in [1.807, 2.05) is 26.0 Å². The molecule has 5 nitrogen and oxygen atoms in total. The van der Waals surface area contributed by atoms with Crippen molar-refractivity contribution < 1.29 is 4.52 Å². The van der Waals surface area contributed by atoms with Gasteiger partial charge in [0, 0.05) is 23.0 Å². The maximum absolute atomic E-state index is 6.30. The van der Waals surface area contributed by atoms with E-state index in [-0.39, 0.29) is 11.5 Å². The van der Waals surface area contributed by atoms with Crippen LogP contribution in [-0.2, 0) is 5.41 Å². The predicted molar refractivity (Wildman–Crippen MR) is 80.8 cm³/mol. The van der Waals surface area contributed by atoms with Crippen LogP contribution >= 0.6 is 0 Å². The van der Waals surface area contributed by atoms with Crippen LogP contribution in [0.5, 0.6) is 0 Å². The van der Waals surface area contributed by atoms with Gasteiger partial charge in [-0.3, -0.25) is 4.98 Å². The van der Waals surface area contributed by atoms with Crippen LogP contribution < -0.4 is 5.73 Å². The molecule has 0 saturated heterocycles. The van der Waals surface area contributed by atoms with Crippen molar-refractivity contribution in [2.24, 2.45) is 5.73 Å². The van der Waals surface area contributed by atoms with Crippen LogP contribution in [-0.4, -0.2) is 21.2 Å². The molecular formula is C16H22N4O. The van der Waals surface area contributed by atoms with Gasteiger partial charge in [0.1, 0.15) is 0 Å². The van der Waals surface area contributed by atoms with E-state index in [1.165, 1.54) is 6.42 Å². The first-order valence-corrected chi connectivity index (χ1v) is 7.54. The number of nitrogens with two attached hydrogens (primary N) is 1. The first-order chi connectivity index (χ1) is 9.99. The summed E-state index contributed by atoms with van der Waals surface area (Å²) in [6.07, 6.45) is 4.36. The van der Waals surface area contributed by atoms with Gasteiger partial charge in [-0.15, -0.1) is 0 Å². The van der Waals surface area contributed by atoms with E-state index in [1.54, 1.807) is 0 Å². The average molecular weight is 286 g/mol. The molecule has 0 bridgehead atoms. The molecule has 1 aliphatic carbocycles. The maximum atomic E-state index is 6.30. The molecule has 112 valence electrons. The Kier molecular flexibility index (Phi) is 3.53. The number of hydrogen-bond acceptors (Lipinski definition) is 5. The molecule has 1 fully saturated rings. The summed E-state index contributed by atoms with van der Waals surface area (Å²) in [5.74, 6) is 1.29. The van der Waals surface area contributed by atoms with Crippen molar-refractivity contribution in [2.45, 2.75) is 57.9 Å². The second-order valence-electron chi connectivity index (χ2n) is 6.33. The number of rotatable bonds is 2. The highest BCUT2D eigenvalue weighted by Crippen LogP contribution is 2.38. The lowest BCUT2D eigenvalue weighted by molar-refractivity contribution is 0.203. The molecule has 2 aromatic heterocycles. The Morgan fingerprint density at radius 2 is 1.90 bits per heavy atom. The van der Waals surface area contributed by atoms with Crippen LogP contribution in [0, 0.1) is 13.8 Å². The van der Waals surface area contributed by atoms with E-state index in [0.717, 1.165) is 36.2 Å². The smallest absolute Gasteiger partial charge is 0.234 e. The van der Waals surface area contributed by atoms with Crippen molar-refractivity contribution in [3.8, 4) is 11.4 Å². The van der Waals surface area contributed by atoms with Gasteiger partial charge in [-0.2, -0.15) is 4.98 Å². The topological polar surface area (TPSA) is 77.8 Å². The molecule has 1 aliphatic rings. The number of aromatic nitrogens is 3. The minimum Gasteiger partial charge on any atom is -0.338 e. The molecule has 21 heavy (non-hydrogen) atoms. The van der Waals surface area contributed by atoms with Gasteiger partial charge in [0.2, 0.25) is 11.7 Å². The first kappa shape index (κ1) is 14.2. The Bertz CT molecular complexity index is 631. The zero-order valence-corrected chi connectivity index (χ0v) is 12.9. The fraction of sp³-hybridized carbons (Fsp3) is 0.562. The summed E-state index contributed by atoms with van der Waals surface area (Å²) in [5.41, 5.74) is 8.95. The van der Waals surface area contributed by atoms with Crippen molar-refractivity contribution in [1.82, 2.24) is 15.1 Å². The molecule has 0 aromatic carbocycles. The van der Waals surface area contributed by atoms with Gasteiger partial charge in [0.05, 0.1) is 5.41 Å². The van der Waals surface area contributed by atoms with Crippen molar-refractivity contribution in [3.63, 3.8) is 0 Å². The summed E-state index contributed by atoms with van der Waals surface area (Å²) in [4.78, 5) is 9.00. The summed E-state index contributed by atoms with van der Waals surface area (Å²) in [7, 11) is 0. The molecule has 1 saturated carbocycles. The Hall–Kier alpha value is -1.75. The molecule has 0 radical (unpaired) electrons. The lowest BCUT2D eigenvalue weighted by Crippen LogP contribution is -2.45. The van der Waals surface area contributed by atoms with E-state index in [0.29, 0.717) is 11.7 Å². The van der Waals surface area contributed by atoms with Gasteiger partial charge in [0.15, 0.2) is 0 Å². The molecule has 2 aromatic rings. The standard InChI is InChI=1S/C16H22N4O/c1-10-8-12(9-11(2)18-10)14-19-15(21-20-14)16(3)7-5-4-6-13(16)17/h8-9,13H,4-7,17H2,1-3H3. The molecule has 5 heteroatoms. The molecule has 2 N–H and O–H groups in total. The maximum Gasteiger partial charge on any atom is 0.234 e. The summed E-state index contributed by atoms with van der Waals surface area (Å²) < 4.78 is 5.55. The van der Waals surface area contributed by atoms with E-state index in [4.69, 9.17) is 10.3 Å². The van der Waals surface area contributed by atoms with Crippen LogP contribution in [0.15, 0.2) is 16.7 Å². The second kappa shape index (κ2) is 5.22. The van der Waals surface area contributed by atoms with E-state index < -0.39 is 0 Å². The zero-order valence-electron chi connectivity index (χ0n) is 12.9. The Morgan fingerprint density at radius 1 is 1.19 bits per heavy atom.